The van der Waals surface area contributed by atoms with Crippen molar-refractivity contribution in [3.8, 4) is 0 Å². The van der Waals surface area contributed by atoms with Crippen LogP contribution in [0.3, 0.4) is 0 Å². The molecular formula is C20H16ClNO5. The van der Waals surface area contributed by atoms with Crippen molar-refractivity contribution in [2.24, 2.45) is 0 Å². The number of aryl methyl sites for hydroxylation is 1. The Morgan fingerprint density at radius 2 is 1.81 bits per heavy atom. The van der Waals surface area contributed by atoms with Crippen molar-refractivity contribution in [1.29, 1.82) is 0 Å². The largest absolute Gasteiger partial charge is 0.481 e. The molecule has 0 atom stereocenters. The van der Waals surface area contributed by atoms with Crippen LogP contribution in [0, 0.1) is 0 Å². The first kappa shape index (κ1) is 18.7. The second-order valence-electron chi connectivity index (χ2n) is 6.03. The first-order valence-corrected chi connectivity index (χ1v) is 8.58. The van der Waals surface area contributed by atoms with Crippen LogP contribution in [0.25, 0.3) is 11.0 Å². The van der Waals surface area contributed by atoms with E-state index in [1.54, 1.807) is 42.5 Å². The summed E-state index contributed by atoms with van der Waals surface area (Å²) in [4.78, 5) is 35.2. The first-order chi connectivity index (χ1) is 12.8. The van der Waals surface area contributed by atoms with Crippen molar-refractivity contribution < 1.29 is 23.9 Å². The molecule has 0 saturated heterocycles. The molecule has 0 radical (unpaired) electrons. The average Bonchev–Trinajstić information content (AvgIpc) is 2.97. The van der Waals surface area contributed by atoms with E-state index in [0.717, 1.165) is 0 Å². The maximum absolute atomic E-state index is 12.9. The highest BCUT2D eigenvalue weighted by Gasteiger charge is 2.22. The minimum absolute atomic E-state index is 0.0912. The van der Waals surface area contributed by atoms with Gasteiger partial charge < -0.3 is 14.8 Å². The molecule has 0 fully saturated rings. The highest BCUT2D eigenvalue weighted by atomic mass is 35.5. The van der Waals surface area contributed by atoms with Crippen molar-refractivity contribution in [2.75, 3.05) is 5.32 Å². The lowest BCUT2D eigenvalue weighted by Crippen LogP contribution is -2.06. The molecule has 0 aliphatic carbocycles. The number of benzene rings is 2. The predicted molar refractivity (Wildman–Crippen MR) is 101 cm³/mol. The Balaban J connectivity index is 2.10. The summed E-state index contributed by atoms with van der Waals surface area (Å²) in [7, 11) is 0. The third kappa shape index (κ3) is 4.17. The second kappa shape index (κ2) is 7.63. The number of carboxylic acid groups (broad SMARTS) is 1. The standard InChI is InChI=1S/C20H16ClNO5/c1-11(23)22-14-6-8-17-16(10-14)15(7-9-18(24)25)20(27-17)19(26)12-2-4-13(21)5-3-12/h2-6,8,10H,7,9H2,1H3,(H,22,23)(H,24,25). The van der Waals surface area contributed by atoms with E-state index in [1.807, 2.05) is 0 Å². The zero-order valence-electron chi connectivity index (χ0n) is 14.4. The number of carboxylic acids is 1. The molecule has 0 aliphatic heterocycles. The van der Waals surface area contributed by atoms with Gasteiger partial charge in [-0.25, -0.2) is 0 Å². The van der Waals surface area contributed by atoms with Crippen LogP contribution in [0.5, 0.6) is 0 Å². The third-order valence-corrected chi connectivity index (χ3v) is 4.26. The van der Waals surface area contributed by atoms with Gasteiger partial charge >= 0.3 is 5.97 Å². The summed E-state index contributed by atoms with van der Waals surface area (Å²) in [5.41, 5.74) is 1.87. The third-order valence-electron chi connectivity index (χ3n) is 4.01. The lowest BCUT2D eigenvalue weighted by atomic mass is 10.00. The maximum atomic E-state index is 12.9. The number of hydrogen-bond donors (Lipinski definition) is 2. The Kier molecular flexibility index (Phi) is 5.28. The Morgan fingerprint density at radius 3 is 2.44 bits per heavy atom. The zero-order valence-corrected chi connectivity index (χ0v) is 15.2. The predicted octanol–water partition coefficient (Wildman–Crippen LogP) is 4.29. The van der Waals surface area contributed by atoms with E-state index < -0.39 is 5.97 Å². The van der Waals surface area contributed by atoms with Crippen LogP contribution in [0.1, 0.15) is 35.0 Å². The molecule has 0 bridgehead atoms. The summed E-state index contributed by atoms with van der Waals surface area (Å²) in [6.07, 6.45) is -0.0274. The fourth-order valence-corrected chi connectivity index (χ4v) is 2.95. The fourth-order valence-electron chi connectivity index (χ4n) is 2.83. The number of halogens is 1. The number of carbonyl (C=O) groups excluding carboxylic acids is 2. The van der Waals surface area contributed by atoms with Crippen LogP contribution in [0.15, 0.2) is 46.9 Å². The molecule has 0 spiro atoms. The van der Waals surface area contributed by atoms with Crippen LogP contribution in [0.2, 0.25) is 5.02 Å². The monoisotopic (exact) mass is 385 g/mol. The number of hydrogen-bond acceptors (Lipinski definition) is 4. The number of amides is 1. The van der Waals surface area contributed by atoms with Crippen LogP contribution >= 0.6 is 11.6 Å². The van der Waals surface area contributed by atoms with E-state index >= 15 is 0 Å². The highest BCUT2D eigenvalue weighted by molar-refractivity contribution is 6.30. The number of nitrogens with one attached hydrogen (secondary N) is 1. The molecule has 1 amide bonds. The van der Waals surface area contributed by atoms with E-state index in [2.05, 4.69) is 5.32 Å². The van der Waals surface area contributed by atoms with Crippen molar-refractivity contribution in [2.45, 2.75) is 19.8 Å². The van der Waals surface area contributed by atoms with Crippen LogP contribution < -0.4 is 5.32 Å². The van der Waals surface area contributed by atoms with Crippen molar-refractivity contribution in [3.63, 3.8) is 0 Å². The average molecular weight is 386 g/mol. The molecule has 0 saturated carbocycles. The maximum Gasteiger partial charge on any atom is 0.303 e. The lowest BCUT2D eigenvalue weighted by Gasteiger charge is -2.03. The fraction of sp³-hybridized carbons (Fsp3) is 0.150. The lowest BCUT2D eigenvalue weighted by molar-refractivity contribution is -0.137. The minimum atomic E-state index is -0.979. The second-order valence-corrected chi connectivity index (χ2v) is 6.47. The molecule has 0 unspecified atom stereocenters. The molecule has 138 valence electrons. The number of fused-ring (bicyclic) bond motifs is 1. The Hall–Kier alpha value is -3.12. The van der Waals surface area contributed by atoms with Gasteiger partial charge in [-0.2, -0.15) is 0 Å². The van der Waals surface area contributed by atoms with Gasteiger partial charge in [-0.05, 0) is 48.9 Å². The van der Waals surface area contributed by atoms with E-state index in [0.29, 0.717) is 32.8 Å². The summed E-state index contributed by atoms with van der Waals surface area (Å²) in [6.45, 7) is 1.39. The molecule has 7 heteroatoms. The summed E-state index contributed by atoms with van der Waals surface area (Å²) in [6, 6.07) is 11.3. The van der Waals surface area contributed by atoms with E-state index in [4.69, 9.17) is 21.1 Å². The number of furan rings is 1. The molecule has 27 heavy (non-hydrogen) atoms. The molecular weight excluding hydrogens is 370 g/mol. The number of ketones is 1. The van der Waals surface area contributed by atoms with Gasteiger partial charge in [-0.1, -0.05) is 11.6 Å². The summed E-state index contributed by atoms with van der Waals surface area (Å²) in [5.74, 6) is -1.48. The molecule has 3 rings (SSSR count). The topological polar surface area (TPSA) is 96.6 Å². The Morgan fingerprint density at radius 1 is 1.11 bits per heavy atom. The molecule has 6 nitrogen and oxygen atoms in total. The van der Waals surface area contributed by atoms with Gasteiger partial charge in [0.05, 0.1) is 0 Å². The van der Waals surface area contributed by atoms with Gasteiger partial charge in [0.15, 0.2) is 5.76 Å². The van der Waals surface area contributed by atoms with Gasteiger partial charge in [-0.15, -0.1) is 0 Å². The van der Waals surface area contributed by atoms with Gasteiger partial charge in [0, 0.05) is 40.6 Å². The molecule has 0 aliphatic rings. The first-order valence-electron chi connectivity index (χ1n) is 8.20. The van der Waals surface area contributed by atoms with E-state index in [9.17, 15) is 14.4 Å². The Bertz CT molecular complexity index is 1040. The van der Waals surface area contributed by atoms with Crippen LogP contribution in [-0.2, 0) is 16.0 Å². The van der Waals surface area contributed by atoms with Crippen molar-refractivity contribution >= 4 is 45.9 Å². The number of carbonyl (C=O) groups is 3. The smallest absolute Gasteiger partial charge is 0.303 e. The van der Waals surface area contributed by atoms with Crippen LogP contribution in [-0.4, -0.2) is 22.8 Å². The highest BCUT2D eigenvalue weighted by Crippen LogP contribution is 2.31. The van der Waals surface area contributed by atoms with Crippen molar-refractivity contribution in [1.82, 2.24) is 0 Å². The Labute approximate surface area is 159 Å². The molecule has 2 aromatic carbocycles. The van der Waals surface area contributed by atoms with E-state index in [-0.39, 0.29) is 30.3 Å². The molecule has 1 heterocycles. The normalized spacial score (nSPS) is 10.7. The zero-order chi connectivity index (χ0) is 19.6. The molecule has 2 N–H and O–H groups in total. The molecule has 3 aromatic rings. The quantitative estimate of drug-likeness (QED) is 0.617. The van der Waals surface area contributed by atoms with Crippen molar-refractivity contribution in [3.05, 3.63) is 64.4 Å². The summed E-state index contributed by atoms with van der Waals surface area (Å²) >= 11 is 5.87. The summed E-state index contributed by atoms with van der Waals surface area (Å²) in [5, 5.41) is 12.8. The van der Waals surface area contributed by atoms with E-state index in [1.165, 1.54) is 6.92 Å². The molecule has 1 aromatic heterocycles. The number of aliphatic carboxylic acids is 1. The van der Waals surface area contributed by atoms with Gasteiger partial charge in [0.2, 0.25) is 11.7 Å². The SMILES string of the molecule is CC(=O)Nc1ccc2oc(C(=O)c3ccc(Cl)cc3)c(CCC(=O)O)c2c1. The van der Waals surface area contributed by atoms with Gasteiger partial charge in [0.1, 0.15) is 5.58 Å². The van der Waals surface area contributed by atoms with Crippen LogP contribution in [0.4, 0.5) is 5.69 Å². The number of anilines is 1. The number of rotatable bonds is 6. The minimum Gasteiger partial charge on any atom is -0.481 e. The van der Waals surface area contributed by atoms with Gasteiger partial charge in [-0.3, -0.25) is 14.4 Å². The van der Waals surface area contributed by atoms with Gasteiger partial charge in [0.25, 0.3) is 0 Å². The summed E-state index contributed by atoms with van der Waals surface area (Å²) < 4.78 is 5.75.